The minimum Gasteiger partial charge on any atom is -0.297 e. The number of hydrogen-bond donors (Lipinski definition) is 0. The second kappa shape index (κ2) is 10.5. The second-order valence-electron chi connectivity index (χ2n) is 9.39. The summed E-state index contributed by atoms with van der Waals surface area (Å²) in [6.45, 7) is 6.87. The largest absolute Gasteiger partial charge is 0.297 e. The highest BCUT2D eigenvalue weighted by molar-refractivity contribution is 9.10. The molecule has 5 rings (SSSR count). The molecule has 2 aromatic carbocycles. The van der Waals surface area contributed by atoms with Gasteiger partial charge in [-0.3, -0.25) is 19.2 Å². The van der Waals surface area contributed by atoms with Gasteiger partial charge in [-0.15, -0.1) is 5.92 Å². The number of para-hydroxylation sites is 1. The molecule has 3 aromatic rings. The molecule has 37 heavy (non-hydrogen) atoms. The van der Waals surface area contributed by atoms with Gasteiger partial charge in [0, 0.05) is 13.1 Å². The molecule has 2 aliphatic rings. The number of carbonyl (C=O) groups is 1. The lowest BCUT2D eigenvalue weighted by Crippen LogP contribution is -2.49. The lowest BCUT2D eigenvalue weighted by molar-refractivity contribution is -0.137. The summed E-state index contributed by atoms with van der Waals surface area (Å²) in [6.07, 6.45) is 1.34. The first-order chi connectivity index (χ1) is 18.0. The number of nitrogens with zero attached hydrogens (tertiary/aromatic N) is 5. The highest BCUT2D eigenvalue weighted by Gasteiger charge is 2.52. The standard InChI is InChI=1S/C29H30BrN5O2/c1-3-5-18-33-28(37)29(26(31-33)22-12-8-6-9-13-22)16-19-32(20-17-29)21-24-25(30)27(36)35(34(24)4-2)23-14-10-7-11-15-23/h6-15H,4,16-21H2,1-2H3. The minimum atomic E-state index is -0.648. The zero-order chi connectivity index (χ0) is 26.0. The quantitative estimate of drug-likeness (QED) is 0.423. The predicted octanol–water partition coefficient (Wildman–Crippen LogP) is 4.27. The topological polar surface area (TPSA) is 62.8 Å². The Labute approximate surface area is 225 Å². The third-order valence-electron chi connectivity index (χ3n) is 7.34. The summed E-state index contributed by atoms with van der Waals surface area (Å²) in [7, 11) is 0. The van der Waals surface area contributed by atoms with Gasteiger partial charge in [0.05, 0.1) is 22.5 Å². The molecule has 2 aliphatic heterocycles. The lowest BCUT2D eigenvalue weighted by atomic mass is 9.72. The molecule has 0 unspecified atom stereocenters. The Morgan fingerprint density at radius 3 is 2.27 bits per heavy atom. The summed E-state index contributed by atoms with van der Waals surface area (Å²) < 4.78 is 4.36. The number of piperidine rings is 1. The van der Waals surface area contributed by atoms with Crippen LogP contribution in [-0.2, 0) is 17.9 Å². The Bertz CT molecular complexity index is 1440. The van der Waals surface area contributed by atoms with Crippen LogP contribution in [0.5, 0.6) is 0 Å². The number of likely N-dealkylation sites (tertiary alicyclic amines) is 1. The van der Waals surface area contributed by atoms with Crippen LogP contribution in [-0.4, -0.2) is 50.5 Å². The monoisotopic (exact) mass is 559 g/mol. The maximum atomic E-state index is 13.7. The molecule has 0 atom stereocenters. The fourth-order valence-electron chi connectivity index (χ4n) is 5.43. The van der Waals surface area contributed by atoms with Crippen LogP contribution >= 0.6 is 15.9 Å². The van der Waals surface area contributed by atoms with Crippen LogP contribution in [0, 0.1) is 17.3 Å². The van der Waals surface area contributed by atoms with Crippen LogP contribution in [0.25, 0.3) is 5.69 Å². The van der Waals surface area contributed by atoms with Crippen molar-refractivity contribution in [2.45, 2.75) is 39.8 Å². The average molecular weight is 560 g/mol. The highest BCUT2D eigenvalue weighted by Crippen LogP contribution is 2.42. The van der Waals surface area contributed by atoms with E-state index in [0.717, 1.165) is 35.7 Å². The molecule has 1 amide bonds. The molecule has 0 N–H and O–H groups in total. The number of hydrazone groups is 1. The Kier molecular flexibility index (Phi) is 7.18. The van der Waals surface area contributed by atoms with E-state index in [1.807, 2.05) is 72.3 Å². The zero-order valence-corrected chi connectivity index (χ0v) is 22.7. The maximum Gasteiger partial charge on any atom is 0.286 e. The molecule has 3 heterocycles. The summed E-state index contributed by atoms with van der Waals surface area (Å²) in [5.41, 5.74) is 2.91. The van der Waals surface area contributed by atoms with Gasteiger partial charge in [0.25, 0.3) is 11.5 Å². The second-order valence-corrected chi connectivity index (χ2v) is 10.2. The van der Waals surface area contributed by atoms with E-state index in [2.05, 4.69) is 32.7 Å². The smallest absolute Gasteiger partial charge is 0.286 e. The molecule has 1 fully saturated rings. The van der Waals surface area contributed by atoms with Crippen molar-refractivity contribution in [3.8, 4) is 17.5 Å². The Morgan fingerprint density at radius 2 is 1.65 bits per heavy atom. The van der Waals surface area contributed by atoms with Crippen molar-refractivity contribution in [3.63, 3.8) is 0 Å². The van der Waals surface area contributed by atoms with Gasteiger partial charge in [-0.2, -0.15) is 5.10 Å². The molecule has 0 aliphatic carbocycles. The van der Waals surface area contributed by atoms with Crippen LogP contribution in [0.15, 0.2) is 75.0 Å². The highest BCUT2D eigenvalue weighted by atomic mass is 79.9. The van der Waals surface area contributed by atoms with Gasteiger partial charge in [-0.1, -0.05) is 54.5 Å². The number of aromatic nitrogens is 2. The van der Waals surface area contributed by atoms with Gasteiger partial charge in [-0.05, 0) is 73.4 Å². The van der Waals surface area contributed by atoms with E-state index in [0.29, 0.717) is 36.9 Å². The number of halogens is 1. The molecule has 0 saturated carbocycles. The van der Waals surface area contributed by atoms with Crippen molar-refractivity contribution in [2.75, 3.05) is 19.6 Å². The van der Waals surface area contributed by atoms with Crippen molar-refractivity contribution in [1.29, 1.82) is 0 Å². The van der Waals surface area contributed by atoms with Crippen molar-refractivity contribution in [2.24, 2.45) is 10.5 Å². The minimum absolute atomic E-state index is 0.0376. The molecule has 0 bridgehead atoms. The van der Waals surface area contributed by atoms with Crippen LogP contribution in [0.2, 0.25) is 0 Å². The van der Waals surface area contributed by atoms with E-state index in [4.69, 9.17) is 5.10 Å². The molecule has 0 radical (unpaired) electrons. The van der Waals surface area contributed by atoms with Crippen LogP contribution in [0.4, 0.5) is 0 Å². The summed E-state index contributed by atoms with van der Waals surface area (Å²) >= 11 is 3.58. The molecule has 1 spiro atoms. The van der Waals surface area contributed by atoms with Gasteiger partial charge in [-0.25, -0.2) is 9.69 Å². The third-order valence-corrected chi connectivity index (χ3v) is 8.14. The van der Waals surface area contributed by atoms with Gasteiger partial charge >= 0.3 is 0 Å². The normalized spacial score (nSPS) is 17.1. The van der Waals surface area contributed by atoms with E-state index >= 15 is 0 Å². The fraction of sp³-hybridized carbons (Fsp3) is 0.345. The van der Waals surface area contributed by atoms with E-state index in [1.165, 1.54) is 0 Å². The van der Waals surface area contributed by atoms with Crippen LogP contribution in [0.1, 0.15) is 37.9 Å². The van der Waals surface area contributed by atoms with E-state index < -0.39 is 5.41 Å². The van der Waals surface area contributed by atoms with Crippen molar-refractivity contribution < 1.29 is 4.79 Å². The molecule has 1 saturated heterocycles. The average Bonchev–Trinajstić information content (AvgIpc) is 3.34. The van der Waals surface area contributed by atoms with Crippen LogP contribution in [0.3, 0.4) is 0 Å². The molecule has 8 heteroatoms. The van der Waals surface area contributed by atoms with Gasteiger partial charge < -0.3 is 0 Å². The molecule has 190 valence electrons. The molecule has 1 aromatic heterocycles. The van der Waals surface area contributed by atoms with Gasteiger partial charge in [0.1, 0.15) is 11.0 Å². The van der Waals surface area contributed by atoms with Crippen molar-refractivity contribution >= 4 is 27.5 Å². The van der Waals surface area contributed by atoms with Crippen LogP contribution < -0.4 is 5.56 Å². The van der Waals surface area contributed by atoms with Crippen molar-refractivity contribution in [3.05, 3.63) is 86.7 Å². The molecular weight excluding hydrogens is 530 g/mol. The first-order valence-corrected chi connectivity index (χ1v) is 13.4. The number of amides is 1. The predicted molar refractivity (Wildman–Crippen MR) is 148 cm³/mol. The fourth-order valence-corrected chi connectivity index (χ4v) is 5.92. The number of benzene rings is 2. The first kappa shape index (κ1) is 25.2. The third kappa shape index (κ3) is 4.47. The van der Waals surface area contributed by atoms with Gasteiger partial charge in [0.15, 0.2) is 0 Å². The Balaban J connectivity index is 1.41. The van der Waals surface area contributed by atoms with E-state index in [9.17, 15) is 9.59 Å². The summed E-state index contributed by atoms with van der Waals surface area (Å²) in [5, 5.41) is 6.32. The maximum absolute atomic E-state index is 13.7. The summed E-state index contributed by atoms with van der Waals surface area (Å²) in [4.78, 5) is 29.2. The van der Waals surface area contributed by atoms with E-state index in [-0.39, 0.29) is 11.5 Å². The van der Waals surface area contributed by atoms with Crippen molar-refractivity contribution in [1.82, 2.24) is 19.3 Å². The number of rotatable bonds is 6. The van der Waals surface area contributed by atoms with Gasteiger partial charge in [0.2, 0.25) is 0 Å². The number of hydrogen-bond acceptors (Lipinski definition) is 4. The summed E-state index contributed by atoms with van der Waals surface area (Å²) in [5.74, 6) is 5.91. The van der Waals surface area contributed by atoms with E-state index in [1.54, 1.807) is 16.6 Å². The molecule has 7 nitrogen and oxygen atoms in total. The lowest BCUT2D eigenvalue weighted by Gasteiger charge is -2.38. The SMILES string of the molecule is CC#CCN1N=C(c2ccccc2)C2(CCN(Cc3c(Br)c(=O)n(-c4ccccc4)n3CC)CC2)C1=O. The first-order valence-electron chi connectivity index (χ1n) is 12.6. The molecular formula is C29H30BrN5O2. The zero-order valence-electron chi connectivity index (χ0n) is 21.2. The Hall–Kier alpha value is -3.41. The Morgan fingerprint density at radius 1 is 1.00 bits per heavy atom. The summed E-state index contributed by atoms with van der Waals surface area (Å²) in [6, 6.07) is 19.7. The number of carbonyl (C=O) groups excluding carboxylic acids is 1.